The number of benzene rings is 1. The molecule has 1 aromatic heterocycles. The van der Waals surface area contributed by atoms with Gasteiger partial charge in [0.25, 0.3) is 5.91 Å². The predicted molar refractivity (Wildman–Crippen MR) is 96.0 cm³/mol. The van der Waals surface area contributed by atoms with E-state index in [0.29, 0.717) is 25.1 Å². The number of aryl methyl sites for hydroxylation is 2. The van der Waals surface area contributed by atoms with Crippen LogP contribution in [0.2, 0.25) is 0 Å². The average molecular weight is 432 g/mol. The molecular weight excluding hydrogens is 412 g/mol. The van der Waals surface area contributed by atoms with E-state index < -0.39 is 6.61 Å². The molecule has 0 saturated carbocycles. The lowest BCUT2D eigenvalue weighted by Gasteiger charge is -2.11. The Morgan fingerprint density at radius 3 is 2.65 bits per heavy atom. The lowest BCUT2D eigenvalue weighted by Crippen LogP contribution is -2.25. The van der Waals surface area contributed by atoms with Gasteiger partial charge in [-0.3, -0.25) is 9.48 Å². The third-order valence-corrected chi connectivity index (χ3v) is 4.91. The van der Waals surface area contributed by atoms with E-state index in [4.69, 9.17) is 4.74 Å². The minimum Gasteiger partial charge on any atom is -0.493 e. The first-order valence-electron chi connectivity index (χ1n) is 7.94. The quantitative estimate of drug-likeness (QED) is 0.647. The molecular formula is C17H20BrF2N3O3. The first kappa shape index (κ1) is 20.2. The summed E-state index contributed by atoms with van der Waals surface area (Å²) in [6.07, 6.45) is 0.698. The number of methoxy groups -OCH3 is 1. The summed E-state index contributed by atoms with van der Waals surface area (Å²) in [7, 11) is 1.32. The van der Waals surface area contributed by atoms with Gasteiger partial charge in [-0.1, -0.05) is 0 Å². The van der Waals surface area contributed by atoms with Crippen molar-refractivity contribution in [2.45, 2.75) is 33.4 Å². The number of alkyl halides is 2. The zero-order valence-corrected chi connectivity index (χ0v) is 16.3. The third kappa shape index (κ3) is 4.94. The number of ether oxygens (including phenoxy) is 2. The molecule has 6 nitrogen and oxygen atoms in total. The minimum absolute atomic E-state index is 0.0745. The highest BCUT2D eigenvalue weighted by Gasteiger charge is 2.14. The minimum atomic E-state index is -2.96. The van der Waals surface area contributed by atoms with Gasteiger partial charge >= 0.3 is 6.61 Å². The van der Waals surface area contributed by atoms with Crippen molar-refractivity contribution in [1.29, 1.82) is 0 Å². The van der Waals surface area contributed by atoms with Gasteiger partial charge in [0.05, 0.1) is 17.3 Å². The fraction of sp³-hybridized carbons (Fsp3) is 0.412. The molecule has 26 heavy (non-hydrogen) atoms. The molecule has 2 aromatic rings. The first-order chi connectivity index (χ1) is 12.3. The SMILES string of the molecule is COc1cc(C(=O)NCCCn2nc(C)c(Br)c2C)ccc1OC(F)F. The standard InChI is InChI=1S/C17H20BrF2N3O3/c1-10-15(18)11(2)23(22-10)8-4-7-21-16(24)12-5-6-13(26-17(19)20)14(9-12)25-3/h5-6,9,17H,4,7-8H2,1-3H3,(H,21,24). The van der Waals surface area contributed by atoms with Crippen molar-refractivity contribution in [3.8, 4) is 11.5 Å². The highest BCUT2D eigenvalue weighted by atomic mass is 79.9. The fourth-order valence-corrected chi connectivity index (χ4v) is 2.71. The maximum atomic E-state index is 12.3. The monoisotopic (exact) mass is 431 g/mol. The van der Waals surface area contributed by atoms with Crippen LogP contribution in [0.25, 0.3) is 0 Å². The molecule has 1 aromatic carbocycles. The maximum absolute atomic E-state index is 12.3. The Labute approximate surface area is 158 Å². The van der Waals surface area contributed by atoms with E-state index in [0.717, 1.165) is 15.9 Å². The number of aromatic nitrogens is 2. The van der Waals surface area contributed by atoms with Crippen molar-refractivity contribution in [3.05, 3.63) is 39.6 Å². The molecule has 0 spiro atoms. The van der Waals surface area contributed by atoms with Crippen molar-refractivity contribution in [2.75, 3.05) is 13.7 Å². The lowest BCUT2D eigenvalue weighted by atomic mass is 10.2. The van der Waals surface area contributed by atoms with E-state index in [-0.39, 0.29) is 17.4 Å². The second kappa shape index (κ2) is 8.98. The van der Waals surface area contributed by atoms with Gasteiger partial charge in [0, 0.05) is 24.3 Å². The van der Waals surface area contributed by atoms with Crippen LogP contribution in [0, 0.1) is 13.8 Å². The number of hydrogen-bond acceptors (Lipinski definition) is 4. The largest absolute Gasteiger partial charge is 0.493 e. The summed E-state index contributed by atoms with van der Waals surface area (Å²) in [6, 6.07) is 4.06. The van der Waals surface area contributed by atoms with Gasteiger partial charge in [0.1, 0.15) is 0 Å². The molecule has 142 valence electrons. The molecule has 9 heteroatoms. The van der Waals surface area contributed by atoms with Crippen LogP contribution in [0.3, 0.4) is 0 Å². The Bertz CT molecular complexity index is 781. The van der Waals surface area contributed by atoms with Crippen LogP contribution < -0.4 is 14.8 Å². The van der Waals surface area contributed by atoms with Crippen LogP contribution in [0.5, 0.6) is 11.5 Å². The lowest BCUT2D eigenvalue weighted by molar-refractivity contribution is -0.0512. The van der Waals surface area contributed by atoms with Crippen LogP contribution in [-0.4, -0.2) is 36.0 Å². The summed E-state index contributed by atoms with van der Waals surface area (Å²) in [5, 5.41) is 7.19. The second-order valence-corrected chi connectivity index (χ2v) is 6.35. The highest BCUT2D eigenvalue weighted by molar-refractivity contribution is 9.10. The zero-order valence-electron chi connectivity index (χ0n) is 14.7. The summed E-state index contributed by atoms with van der Waals surface area (Å²) in [5.41, 5.74) is 2.26. The molecule has 1 N–H and O–H groups in total. The van der Waals surface area contributed by atoms with Crippen molar-refractivity contribution in [3.63, 3.8) is 0 Å². The molecule has 1 heterocycles. The number of halogens is 3. The Balaban J connectivity index is 1.90. The van der Waals surface area contributed by atoms with E-state index in [1.54, 1.807) is 0 Å². The topological polar surface area (TPSA) is 65.4 Å². The molecule has 0 unspecified atom stereocenters. The van der Waals surface area contributed by atoms with Gasteiger partial charge in [-0.05, 0) is 54.4 Å². The van der Waals surface area contributed by atoms with Crippen molar-refractivity contribution in [1.82, 2.24) is 15.1 Å². The zero-order chi connectivity index (χ0) is 19.3. The van der Waals surface area contributed by atoms with E-state index >= 15 is 0 Å². The maximum Gasteiger partial charge on any atom is 0.387 e. The summed E-state index contributed by atoms with van der Waals surface area (Å²) in [5.74, 6) is -0.360. The van der Waals surface area contributed by atoms with E-state index in [9.17, 15) is 13.6 Å². The average Bonchev–Trinajstić information content (AvgIpc) is 2.85. The van der Waals surface area contributed by atoms with E-state index in [2.05, 4.69) is 31.1 Å². The summed E-state index contributed by atoms with van der Waals surface area (Å²) in [6.45, 7) is 2.05. The van der Waals surface area contributed by atoms with Crippen molar-refractivity contribution in [2.24, 2.45) is 0 Å². The van der Waals surface area contributed by atoms with Gasteiger partial charge in [-0.15, -0.1) is 0 Å². The number of hydrogen-bond donors (Lipinski definition) is 1. The number of nitrogens with one attached hydrogen (secondary N) is 1. The van der Waals surface area contributed by atoms with Crippen LogP contribution in [0.4, 0.5) is 8.78 Å². The molecule has 2 rings (SSSR count). The summed E-state index contributed by atoms with van der Waals surface area (Å²) >= 11 is 3.47. The van der Waals surface area contributed by atoms with Gasteiger partial charge < -0.3 is 14.8 Å². The Hall–Kier alpha value is -2.16. The third-order valence-electron chi connectivity index (χ3n) is 3.77. The number of carbonyl (C=O) groups is 1. The summed E-state index contributed by atoms with van der Waals surface area (Å²) in [4.78, 5) is 12.2. The van der Waals surface area contributed by atoms with E-state index in [1.165, 1.54) is 25.3 Å². The van der Waals surface area contributed by atoms with Crippen LogP contribution >= 0.6 is 15.9 Å². The Morgan fingerprint density at radius 1 is 1.35 bits per heavy atom. The van der Waals surface area contributed by atoms with Crippen molar-refractivity contribution < 1.29 is 23.0 Å². The fourth-order valence-electron chi connectivity index (χ4n) is 2.43. The second-order valence-electron chi connectivity index (χ2n) is 5.56. The van der Waals surface area contributed by atoms with Gasteiger partial charge in [-0.2, -0.15) is 13.9 Å². The molecule has 0 aliphatic heterocycles. The highest BCUT2D eigenvalue weighted by Crippen LogP contribution is 2.29. The normalized spacial score (nSPS) is 10.9. The molecule has 1 amide bonds. The van der Waals surface area contributed by atoms with Gasteiger partial charge in [-0.25, -0.2) is 0 Å². The predicted octanol–water partition coefficient (Wildman–Crippen LogP) is 3.69. The van der Waals surface area contributed by atoms with Crippen LogP contribution in [-0.2, 0) is 6.54 Å². The number of carbonyl (C=O) groups excluding carboxylic acids is 1. The molecule has 0 aliphatic rings. The van der Waals surface area contributed by atoms with Crippen LogP contribution in [0.15, 0.2) is 22.7 Å². The number of rotatable bonds is 8. The number of amides is 1. The van der Waals surface area contributed by atoms with Gasteiger partial charge in [0.2, 0.25) is 0 Å². The molecule has 0 radical (unpaired) electrons. The Morgan fingerprint density at radius 2 is 2.08 bits per heavy atom. The molecule has 0 aliphatic carbocycles. The van der Waals surface area contributed by atoms with Gasteiger partial charge in [0.15, 0.2) is 11.5 Å². The number of nitrogens with zero attached hydrogens (tertiary/aromatic N) is 2. The Kier molecular flexibility index (Phi) is 6.96. The van der Waals surface area contributed by atoms with Crippen molar-refractivity contribution >= 4 is 21.8 Å². The molecule has 0 fully saturated rings. The smallest absolute Gasteiger partial charge is 0.387 e. The van der Waals surface area contributed by atoms with Crippen LogP contribution in [0.1, 0.15) is 28.2 Å². The van der Waals surface area contributed by atoms with E-state index in [1.807, 2.05) is 18.5 Å². The molecule has 0 atom stereocenters. The molecule has 0 saturated heterocycles. The summed E-state index contributed by atoms with van der Waals surface area (Å²) < 4.78 is 36.9. The molecule has 0 bridgehead atoms. The first-order valence-corrected chi connectivity index (χ1v) is 8.73.